The monoisotopic (exact) mass is 280 g/mol. The maximum Gasteiger partial charge on any atom is 0.223 e. The number of rotatable bonds is 5. The van der Waals surface area contributed by atoms with Crippen molar-refractivity contribution < 1.29 is 13.9 Å². The van der Waals surface area contributed by atoms with Crippen molar-refractivity contribution >= 4 is 0 Å². The number of halogens is 1. The van der Waals surface area contributed by atoms with Gasteiger partial charge in [0.15, 0.2) is 5.75 Å². The van der Waals surface area contributed by atoms with Crippen LogP contribution in [0.25, 0.3) is 0 Å². The molecule has 0 spiro atoms. The molecule has 0 aliphatic carbocycles. The summed E-state index contributed by atoms with van der Waals surface area (Å²) in [5.41, 5.74) is 0.333. The summed E-state index contributed by atoms with van der Waals surface area (Å²) in [6.07, 6.45) is 3.39. The molecule has 1 fully saturated rings. The quantitative estimate of drug-likeness (QED) is 0.777. The molecule has 0 amide bonds. The van der Waals surface area contributed by atoms with Crippen LogP contribution >= 0.6 is 0 Å². The summed E-state index contributed by atoms with van der Waals surface area (Å²) in [6, 6.07) is 4.09. The van der Waals surface area contributed by atoms with Crippen LogP contribution in [0.1, 0.15) is 44.1 Å². The Labute approximate surface area is 118 Å². The van der Waals surface area contributed by atoms with Crippen LogP contribution in [-0.4, -0.2) is 19.8 Å². The molecule has 1 aromatic rings. The SMILES string of the molecule is CCCCOc1ccc(F)cc(C2CCOCC2)c1=O. The van der Waals surface area contributed by atoms with E-state index in [9.17, 15) is 9.18 Å². The third kappa shape index (κ3) is 3.79. The summed E-state index contributed by atoms with van der Waals surface area (Å²) in [7, 11) is 0. The van der Waals surface area contributed by atoms with Gasteiger partial charge in [-0.25, -0.2) is 4.39 Å². The molecule has 1 aliphatic heterocycles. The Morgan fingerprint density at radius 3 is 2.80 bits per heavy atom. The van der Waals surface area contributed by atoms with Crippen LogP contribution in [0.15, 0.2) is 23.0 Å². The minimum Gasteiger partial charge on any atom is -0.489 e. The lowest BCUT2D eigenvalue weighted by Gasteiger charge is -2.21. The molecule has 0 atom stereocenters. The first kappa shape index (κ1) is 15.0. The predicted octanol–water partition coefficient (Wildman–Crippen LogP) is 3.26. The molecule has 0 saturated carbocycles. The highest BCUT2D eigenvalue weighted by molar-refractivity contribution is 5.30. The lowest BCUT2D eigenvalue weighted by molar-refractivity contribution is 0.0850. The topological polar surface area (TPSA) is 35.5 Å². The van der Waals surface area contributed by atoms with Crippen LogP contribution in [0, 0.1) is 5.82 Å². The van der Waals surface area contributed by atoms with E-state index in [1.54, 1.807) is 0 Å². The van der Waals surface area contributed by atoms with Crippen molar-refractivity contribution in [2.45, 2.75) is 38.5 Å². The lowest BCUT2D eigenvalue weighted by atomic mass is 9.92. The van der Waals surface area contributed by atoms with E-state index in [2.05, 4.69) is 6.92 Å². The fourth-order valence-electron chi connectivity index (χ4n) is 2.39. The first-order valence-corrected chi connectivity index (χ1v) is 7.26. The van der Waals surface area contributed by atoms with E-state index in [4.69, 9.17) is 9.47 Å². The molecule has 2 rings (SSSR count). The van der Waals surface area contributed by atoms with Gasteiger partial charge in [0.2, 0.25) is 5.43 Å². The van der Waals surface area contributed by atoms with Gasteiger partial charge < -0.3 is 9.47 Å². The average Bonchev–Trinajstić information content (AvgIpc) is 2.61. The van der Waals surface area contributed by atoms with Gasteiger partial charge in [0.25, 0.3) is 0 Å². The Hall–Kier alpha value is -1.42. The van der Waals surface area contributed by atoms with Gasteiger partial charge in [-0.05, 0) is 43.4 Å². The van der Waals surface area contributed by atoms with Gasteiger partial charge in [0.1, 0.15) is 5.82 Å². The molecule has 0 unspecified atom stereocenters. The molecule has 20 heavy (non-hydrogen) atoms. The Kier molecular flexibility index (Phi) is 5.53. The van der Waals surface area contributed by atoms with Gasteiger partial charge >= 0.3 is 0 Å². The molecule has 0 aromatic heterocycles. The Morgan fingerprint density at radius 1 is 1.35 bits per heavy atom. The molecule has 1 aromatic carbocycles. The van der Waals surface area contributed by atoms with E-state index in [0.29, 0.717) is 25.4 Å². The van der Waals surface area contributed by atoms with Gasteiger partial charge in [0, 0.05) is 18.8 Å². The maximum absolute atomic E-state index is 13.7. The minimum absolute atomic E-state index is 0.0617. The second-order valence-corrected chi connectivity index (χ2v) is 5.10. The highest BCUT2D eigenvalue weighted by Crippen LogP contribution is 2.25. The van der Waals surface area contributed by atoms with Crippen molar-refractivity contribution in [1.82, 2.24) is 0 Å². The molecule has 0 radical (unpaired) electrons. The summed E-state index contributed by atoms with van der Waals surface area (Å²) in [5, 5.41) is 0. The number of unbranched alkanes of at least 4 members (excludes halogenated alkanes) is 1. The van der Waals surface area contributed by atoms with Crippen molar-refractivity contribution in [2.75, 3.05) is 19.8 Å². The predicted molar refractivity (Wildman–Crippen MR) is 75.9 cm³/mol. The fraction of sp³-hybridized carbons (Fsp3) is 0.562. The van der Waals surface area contributed by atoms with Crippen LogP contribution in [-0.2, 0) is 4.74 Å². The number of hydrogen-bond acceptors (Lipinski definition) is 3. The zero-order valence-electron chi connectivity index (χ0n) is 11.9. The minimum atomic E-state index is -0.395. The largest absolute Gasteiger partial charge is 0.489 e. The van der Waals surface area contributed by atoms with Crippen LogP contribution in [0.2, 0.25) is 0 Å². The second kappa shape index (κ2) is 7.39. The Bertz CT molecular complexity index is 496. The first-order valence-electron chi connectivity index (χ1n) is 7.26. The first-order chi connectivity index (χ1) is 9.72. The lowest BCUT2D eigenvalue weighted by Crippen LogP contribution is -2.20. The van der Waals surface area contributed by atoms with E-state index < -0.39 is 5.82 Å². The number of hydrogen-bond donors (Lipinski definition) is 0. The molecular formula is C16H21FO3. The third-order valence-electron chi connectivity index (χ3n) is 3.59. The highest BCUT2D eigenvalue weighted by atomic mass is 19.1. The van der Waals surface area contributed by atoms with Crippen molar-refractivity contribution in [3.05, 3.63) is 39.8 Å². The van der Waals surface area contributed by atoms with E-state index in [1.807, 2.05) is 0 Å². The van der Waals surface area contributed by atoms with Crippen LogP contribution in [0.3, 0.4) is 0 Å². The van der Waals surface area contributed by atoms with Crippen molar-refractivity contribution in [2.24, 2.45) is 0 Å². The zero-order valence-corrected chi connectivity index (χ0v) is 11.9. The summed E-state index contributed by atoms with van der Waals surface area (Å²) in [5.74, 6) is -0.0792. The molecule has 1 saturated heterocycles. The molecule has 4 heteroatoms. The van der Waals surface area contributed by atoms with Gasteiger partial charge in [-0.3, -0.25) is 4.79 Å². The van der Waals surface area contributed by atoms with Crippen molar-refractivity contribution in [1.29, 1.82) is 0 Å². The summed E-state index contributed by atoms with van der Waals surface area (Å²) >= 11 is 0. The molecule has 110 valence electrons. The Balaban J connectivity index is 2.30. The van der Waals surface area contributed by atoms with Crippen LogP contribution in [0.5, 0.6) is 5.75 Å². The van der Waals surface area contributed by atoms with Gasteiger partial charge in [-0.15, -0.1) is 0 Å². The highest BCUT2D eigenvalue weighted by Gasteiger charge is 2.20. The van der Waals surface area contributed by atoms with Gasteiger partial charge in [-0.2, -0.15) is 0 Å². The van der Waals surface area contributed by atoms with Gasteiger partial charge in [0.05, 0.1) is 6.61 Å². The number of ether oxygens (including phenoxy) is 2. The van der Waals surface area contributed by atoms with E-state index in [-0.39, 0.29) is 17.1 Å². The normalized spacial score (nSPS) is 16.1. The molecule has 0 bridgehead atoms. The summed E-state index contributed by atoms with van der Waals surface area (Å²) in [4.78, 5) is 12.5. The fourth-order valence-corrected chi connectivity index (χ4v) is 2.39. The second-order valence-electron chi connectivity index (χ2n) is 5.10. The smallest absolute Gasteiger partial charge is 0.223 e. The van der Waals surface area contributed by atoms with E-state index in [1.165, 1.54) is 18.2 Å². The maximum atomic E-state index is 13.7. The van der Waals surface area contributed by atoms with Crippen LogP contribution in [0.4, 0.5) is 4.39 Å². The molecular weight excluding hydrogens is 259 g/mol. The Morgan fingerprint density at radius 2 is 2.10 bits per heavy atom. The van der Waals surface area contributed by atoms with Gasteiger partial charge in [-0.1, -0.05) is 13.3 Å². The van der Waals surface area contributed by atoms with E-state index in [0.717, 1.165) is 25.7 Å². The molecule has 0 N–H and O–H groups in total. The standard InChI is InChI=1S/C16H21FO3/c1-2-3-8-20-15-5-4-13(17)11-14(16(15)18)12-6-9-19-10-7-12/h4-5,11-12H,2-3,6-10H2,1H3. The van der Waals surface area contributed by atoms with Crippen molar-refractivity contribution in [3.63, 3.8) is 0 Å². The molecule has 1 heterocycles. The zero-order chi connectivity index (χ0) is 14.4. The van der Waals surface area contributed by atoms with E-state index >= 15 is 0 Å². The van der Waals surface area contributed by atoms with Crippen molar-refractivity contribution in [3.8, 4) is 5.75 Å². The van der Waals surface area contributed by atoms with Crippen LogP contribution < -0.4 is 10.2 Å². The summed E-state index contributed by atoms with van der Waals surface area (Å²) in [6.45, 7) is 3.79. The third-order valence-corrected chi connectivity index (χ3v) is 3.59. The molecule has 3 nitrogen and oxygen atoms in total. The summed E-state index contributed by atoms with van der Waals surface area (Å²) < 4.78 is 24.5. The average molecular weight is 280 g/mol. The molecule has 1 aliphatic rings.